The second-order valence-electron chi connectivity index (χ2n) is 5.99. The highest BCUT2D eigenvalue weighted by Gasteiger charge is 2.43. The van der Waals surface area contributed by atoms with Crippen molar-refractivity contribution >= 4 is 33.5 Å². The molecular weight excluding hydrogens is 367 g/mol. The smallest absolute Gasteiger partial charge is 0.308 e. The van der Waals surface area contributed by atoms with Gasteiger partial charge in [0.1, 0.15) is 5.82 Å². The molecule has 7 heteroatoms. The van der Waals surface area contributed by atoms with Gasteiger partial charge in [-0.05, 0) is 48.2 Å². The third kappa shape index (κ3) is 2.71. The molecule has 1 heterocycles. The van der Waals surface area contributed by atoms with Crippen LogP contribution in [0.1, 0.15) is 48.0 Å². The van der Waals surface area contributed by atoms with Crippen molar-refractivity contribution in [2.75, 3.05) is 11.9 Å². The molecule has 1 amide bonds. The summed E-state index contributed by atoms with van der Waals surface area (Å²) in [6, 6.07) is 1.32. The molecule has 1 aromatic rings. The summed E-state index contributed by atoms with van der Waals surface area (Å²) in [7, 11) is 0. The number of nitrogens with two attached hydrogens (primary N) is 1. The summed E-state index contributed by atoms with van der Waals surface area (Å²) in [4.78, 5) is 23.6. The average molecular weight is 385 g/mol. The second kappa shape index (κ2) is 6.11. The van der Waals surface area contributed by atoms with E-state index in [0.717, 1.165) is 0 Å². The van der Waals surface area contributed by atoms with Crippen LogP contribution in [0.2, 0.25) is 0 Å². The normalized spacial score (nSPS) is 25.3. The number of benzene rings is 1. The van der Waals surface area contributed by atoms with Crippen molar-refractivity contribution in [1.29, 1.82) is 0 Å². The Morgan fingerprint density at radius 3 is 2.87 bits per heavy atom. The number of hydrogen-bond donors (Lipinski definition) is 2. The fourth-order valence-electron chi connectivity index (χ4n) is 3.68. The summed E-state index contributed by atoms with van der Waals surface area (Å²) in [6.45, 7) is 2.13. The number of primary amides is 1. The molecule has 1 aromatic carbocycles. The first-order valence-corrected chi connectivity index (χ1v) is 8.48. The van der Waals surface area contributed by atoms with Gasteiger partial charge in [-0.1, -0.05) is 0 Å². The Labute approximate surface area is 141 Å². The van der Waals surface area contributed by atoms with E-state index in [1.165, 1.54) is 6.07 Å². The Morgan fingerprint density at radius 2 is 2.22 bits per heavy atom. The summed E-state index contributed by atoms with van der Waals surface area (Å²) < 4.78 is 19.9. The molecule has 23 heavy (non-hydrogen) atoms. The summed E-state index contributed by atoms with van der Waals surface area (Å²) in [5.41, 5.74) is 6.66. The number of fused-ring (bicyclic) bond motifs is 3. The number of rotatable bonds is 3. The SMILES string of the molecule is CCOC(=O)C1CCC2c3c(F)c(Br)cc(C(N)=O)c3NC2C1. The van der Waals surface area contributed by atoms with Gasteiger partial charge in [-0.15, -0.1) is 0 Å². The van der Waals surface area contributed by atoms with Crippen molar-refractivity contribution in [2.24, 2.45) is 11.7 Å². The summed E-state index contributed by atoms with van der Waals surface area (Å²) in [6.07, 6.45) is 1.88. The van der Waals surface area contributed by atoms with E-state index in [0.29, 0.717) is 37.1 Å². The van der Waals surface area contributed by atoms with Crippen LogP contribution in [0.5, 0.6) is 0 Å². The van der Waals surface area contributed by atoms with Gasteiger partial charge >= 0.3 is 5.97 Å². The van der Waals surface area contributed by atoms with E-state index in [1.807, 2.05) is 0 Å². The molecule has 1 aliphatic carbocycles. The first-order valence-electron chi connectivity index (χ1n) is 7.68. The van der Waals surface area contributed by atoms with Crippen LogP contribution in [-0.2, 0) is 9.53 Å². The third-order valence-corrected chi connectivity index (χ3v) is 5.27. The molecule has 2 aliphatic rings. The van der Waals surface area contributed by atoms with Crippen LogP contribution in [0.15, 0.2) is 10.5 Å². The lowest BCUT2D eigenvalue weighted by molar-refractivity contribution is -0.149. The van der Waals surface area contributed by atoms with E-state index in [9.17, 15) is 14.0 Å². The zero-order chi connectivity index (χ0) is 16.7. The van der Waals surface area contributed by atoms with Crippen LogP contribution >= 0.6 is 15.9 Å². The van der Waals surface area contributed by atoms with Crippen molar-refractivity contribution in [3.8, 4) is 0 Å². The Bertz CT molecular complexity index is 680. The Hall–Kier alpha value is -1.63. The number of carbonyl (C=O) groups is 2. The number of hydrogen-bond acceptors (Lipinski definition) is 4. The molecule has 3 N–H and O–H groups in total. The first-order chi connectivity index (χ1) is 10.9. The number of carbonyl (C=O) groups excluding carboxylic acids is 2. The zero-order valence-corrected chi connectivity index (χ0v) is 14.3. The van der Waals surface area contributed by atoms with Gasteiger partial charge in [-0.2, -0.15) is 0 Å². The third-order valence-electron chi connectivity index (χ3n) is 4.69. The molecule has 0 spiro atoms. The molecule has 5 nitrogen and oxygen atoms in total. The van der Waals surface area contributed by atoms with Crippen molar-refractivity contribution < 1.29 is 18.7 Å². The number of nitrogens with one attached hydrogen (secondary N) is 1. The predicted octanol–water partition coefficient (Wildman–Crippen LogP) is 2.93. The lowest BCUT2D eigenvalue weighted by Crippen LogP contribution is -2.33. The van der Waals surface area contributed by atoms with E-state index in [1.54, 1.807) is 6.92 Å². The van der Waals surface area contributed by atoms with E-state index in [2.05, 4.69) is 21.2 Å². The van der Waals surface area contributed by atoms with Crippen molar-refractivity contribution in [1.82, 2.24) is 0 Å². The van der Waals surface area contributed by atoms with Crippen molar-refractivity contribution in [3.63, 3.8) is 0 Å². The Kier molecular flexibility index (Phi) is 4.31. The van der Waals surface area contributed by atoms with Gasteiger partial charge in [0.15, 0.2) is 0 Å². The van der Waals surface area contributed by atoms with Gasteiger partial charge in [-0.3, -0.25) is 9.59 Å². The number of ether oxygens (including phenoxy) is 1. The fourth-order valence-corrected chi connectivity index (χ4v) is 4.12. The number of amides is 1. The molecule has 0 radical (unpaired) electrons. The molecule has 3 unspecified atom stereocenters. The highest BCUT2D eigenvalue weighted by Crippen LogP contribution is 2.49. The minimum Gasteiger partial charge on any atom is -0.466 e. The topological polar surface area (TPSA) is 81.4 Å². The van der Waals surface area contributed by atoms with Crippen LogP contribution in [0.4, 0.5) is 10.1 Å². The van der Waals surface area contributed by atoms with Gasteiger partial charge in [0, 0.05) is 17.5 Å². The lowest BCUT2D eigenvalue weighted by Gasteiger charge is -2.30. The maximum absolute atomic E-state index is 14.6. The van der Waals surface area contributed by atoms with Crippen LogP contribution in [-0.4, -0.2) is 24.5 Å². The Balaban J connectivity index is 1.92. The van der Waals surface area contributed by atoms with Crippen LogP contribution < -0.4 is 11.1 Å². The molecule has 3 atom stereocenters. The molecule has 0 saturated heterocycles. The predicted molar refractivity (Wildman–Crippen MR) is 86.7 cm³/mol. The zero-order valence-electron chi connectivity index (χ0n) is 12.7. The second-order valence-corrected chi connectivity index (χ2v) is 6.85. The molecule has 0 aromatic heterocycles. The van der Waals surface area contributed by atoms with E-state index in [4.69, 9.17) is 10.5 Å². The fraction of sp³-hybridized carbons (Fsp3) is 0.500. The monoisotopic (exact) mass is 384 g/mol. The first kappa shape index (κ1) is 16.2. The highest BCUT2D eigenvalue weighted by atomic mass is 79.9. The van der Waals surface area contributed by atoms with Gasteiger partial charge in [0.05, 0.1) is 28.2 Å². The highest BCUT2D eigenvalue weighted by molar-refractivity contribution is 9.10. The van der Waals surface area contributed by atoms with Crippen LogP contribution in [0, 0.1) is 11.7 Å². The van der Waals surface area contributed by atoms with Gasteiger partial charge in [0.25, 0.3) is 5.91 Å². The number of halogens is 2. The molecule has 0 bridgehead atoms. The summed E-state index contributed by atoms with van der Waals surface area (Å²) in [5.74, 6) is -1.43. The molecule has 3 rings (SSSR count). The van der Waals surface area contributed by atoms with Crippen molar-refractivity contribution in [2.45, 2.75) is 38.1 Å². The number of esters is 1. The van der Waals surface area contributed by atoms with Gasteiger partial charge in [0.2, 0.25) is 0 Å². The Morgan fingerprint density at radius 1 is 1.48 bits per heavy atom. The van der Waals surface area contributed by atoms with Gasteiger partial charge in [-0.25, -0.2) is 4.39 Å². The number of anilines is 1. The van der Waals surface area contributed by atoms with Crippen LogP contribution in [0.25, 0.3) is 0 Å². The molecule has 1 aliphatic heterocycles. The molecule has 1 saturated carbocycles. The van der Waals surface area contributed by atoms with Crippen molar-refractivity contribution in [3.05, 3.63) is 27.5 Å². The lowest BCUT2D eigenvalue weighted by atomic mass is 9.77. The average Bonchev–Trinajstić information content (AvgIpc) is 2.89. The summed E-state index contributed by atoms with van der Waals surface area (Å²) >= 11 is 3.16. The molecular formula is C16H18BrFN2O3. The van der Waals surface area contributed by atoms with Gasteiger partial charge < -0.3 is 15.8 Å². The largest absolute Gasteiger partial charge is 0.466 e. The van der Waals surface area contributed by atoms with Crippen LogP contribution in [0.3, 0.4) is 0 Å². The summed E-state index contributed by atoms with van der Waals surface area (Å²) in [5, 5.41) is 3.21. The maximum atomic E-state index is 14.6. The maximum Gasteiger partial charge on any atom is 0.308 e. The standard InChI is InChI=1S/C16H18BrFN2O3/c1-2-23-16(22)7-3-4-8-11(5-7)20-14-9(15(19)21)6-10(17)13(18)12(8)14/h6-8,11,20H,2-5H2,1H3,(H2,19,21). The quantitative estimate of drug-likeness (QED) is 0.784. The van der Waals surface area contributed by atoms with E-state index >= 15 is 0 Å². The minimum atomic E-state index is -0.602. The van der Waals surface area contributed by atoms with E-state index < -0.39 is 5.91 Å². The minimum absolute atomic E-state index is 0.0636. The molecule has 1 fully saturated rings. The van der Waals surface area contributed by atoms with E-state index in [-0.39, 0.29) is 39.7 Å². The molecule has 124 valence electrons.